The normalized spacial score (nSPS) is 12.6. The van der Waals surface area contributed by atoms with Crippen LogP contribution in [0.15, 0.2) is 243 Å². The molecule has 0 unspecified atom stereocenters. The average Bonchev–Trinajstić information content (AvgIpc) is 3.37. The molecule has 1 aliphatic rings. The molecule has 0 saturated carbocycles. The Morgan fingerprint density at radius 1 is 0.277 bits per heavy atom. The first kappa shape index (κ1) is 38.7. The van der Waals surface area contributed by atoms with Gasteiger partial charge in [-0.15, -0.1) is 0 Å². The summed E-state index contributed by atoms with van der Waals surface area (Å²) < 4.78 is 0. The molecule has 11 aromatic carbocycles. The number of hydrogen-bond acceptors (Lipinski definition) is 2. The first-order valence-electron chi connectivity index (χ1n) is 22.6. The van der Waals surface area contributed by atoms with E-state index in [1.54, 1.807) is 0 Å². The van der Waals surface area contributed by atoms with Gasteiger partial charge in [0.15, 0.2) is 0 Å². The van der Waals surface area contributed by atoms with Gasteiger partial charge in [-0.05, 0) is 132 Å². The Morgan fingerprint density at radius 3 is 1.45 bits per heavy atom. The maximum absolute atomic E-state index is 2.54. The number of rotatable bonds is 8. The van der Waals surface area contributed by atoms with Gasteiger partial charge in [0.05, 0.1) is 11.4 Å². The van der Waals surface area contributed by atoms with Crippen molar-refractivity contribution in [1.82, 2.24) is 0 Å². The fourth-order valence-electron chi connectivity index (χ4n) is 10.5. The monoisotopic (exact) mass is 846 g/mol. The lowest BCUT2D eigenvalue weighted by Gasteiger charge is -2.35. The standard InChI is InChI=1S/C62H46N2Si/c1-65(2)60-33-19-31-54-56-42-59(64(47-24-11-5-12-25-47)48-26-13-6-14-27-48)52-30-16-15-29-51(52)55(56)41-57(62(54)60)53-39-36-45(40-61(53)65)43-34-37-49(38-35-43)63(46-22-9-4-10-23-46)58-32-18-17-28-50(58)44-20-7-3-8-21-44/h3-42H,1-2H3. The highest BCUT2D eigenvalue weighted by atomic mass is 28.3. The molecule has 0 N–H and O–H groups in total. The maximum Gasteiger partial charge on any atom is 0.113 e. The van der Waals surface area contributed by atoms with Gasteiger partial charge in [0.2, 0.25) is 0 Å². The predicted molar refractivity (Wildman–Crippen MR) is 281 cm³/mol. The second kappa shape index (κ2) is 15.7. The summed E-state index contributed by atoms with van der Waals surface area (Å²) in [4.78, 5) is 4.80. The highest BCUT2D eigenvalue weighted by molar-refractivity contribution is 7.03. The van der Waals surface area contributed by atoms with Gasteiger partial charge in [0, 0.05) is 33.7 Å². The van der Waals surface area contributed by atoms with Gasteiger partial charge in [-0.3, -0.25) is 0 Å². The SMILES string of the molecule is C[Si]1(C)c2cc(-c3ccc(N(c4ccccc4)c4ccccc4-c4ccccc4)cc3)ccc2-c2cc3c4ccccc4c(N(c4ccccc4)c4ccccc4)cc3c3cccc1c23. The molecule has 0 atom stereocenters. The molecular formula is C62H46N2Si. The number of benzene rings is 11. The minimum Gasteiger partial charge on any atom is -0.310 e. The molecule has 308 valence electrons. The van der Waals surface area contributed by atoms with Crippen molar-refractivity contribution >= 4 is 84.9 Å². The van der Waals surface area contributed by atoms with E-state index in [4.69, 9.17) is 0 Å². The third-order valence-corrected chi connectivity index (χ3v) is 17.1. The molecule has 1 heterocycles. The first-order valence-corrected chi connectivity index (χ1v) is 25.6. The quantitative estimate of drug-likeness (QED) is 0.111. The fourth-order valence-corrected chi connectivity index (χ4v) is 13.6. The Balaban J connectivity index is 0.994. The summed E-state index contributed by atoms with van der Waals surface area (Å²) in [5.41, 5.74) is 14.4. The third kappa shape index (κ3) is 6.46. The molecule has 0 aromatic heterocycles. The number of fused-ring (bicyclic) bond motifs is 6. The lowest BCUT2D eigenvalue weighted by atomic mass is 9.89. The summed E-state index contributed by atoms with van der Waals surface area (Å²) in [6, 6.07) is 89.1. The number of hydrogen-bond donors (Lipinski definition) is 0. The van der Waals surface area contributed by atoms with Gasteiger partial charge >= 0.3 is 0 Å². The largest absolute Gasteiger partial charge is 0.310 e. The van der Waals surface area contributed by atoms with Gasteiger partial charge in [0.1, 0.15) is 8.07 Å². The Morgan fingerprint density at radius 2 is 0.785 bits per heavy atom. The van der Waals surface area contributed by atoms with Gasteiger partial charge in [-0.1, -0.05) is 189 Å². The van der Waals surface area contributed by atoms with Crippen molar-refractivity contribution in [3.8, 4) is 33.4 Å². The molecule has 0 aliphatic carbocycles. The highest BCUT2D eigenvalue weighted by Gasteiger charge is 2.36. The number of nitrogens with zero attached hydrogens (tertiary/aromatic N) is 2. The summed E-state index contributed by atoms with van der Waals surface area (Å²) in [5.74, 6) is 0. The summed E-state index contributed by atoms with van der Waals surface area (Å²) in [5, 5.41) is 10.8. The van der Waals surface area contributed by atoms with Crippen LogP contribution in [0, 0.1) is 0 Å². The van der Waals surface area contributed by atoms with Crippen molar-refractivity contribution in [2.45, 2.75) is 13.1 Å². The van der Waals surface area contributed by atoms with Crippen LogP contribution in [-0.2, 0) is 0 Å². The average molecular weight is 847 g/mol. The Bertz CT molecular complexity index is 3510. The van der Waals surface area contributed by atoms with E-state index in [1.165, 1.54) is 81.8 Å². The van der Waals surface area contributed by atoms with Crippen LogP contribution < -0.4 is 20.2 Å². The van der Waals surface area contributed by atoms with Crippen LogP contribution >= 0.6 is 0 Å². The zero-order valence-electron chi connectivity index (χ0n) is 36.5. The molecule has 3 heteroatoms. The van der Waals surface area contributed by atoms with E-state index < -0.39 is 8.07 Å². The summed E-state index contributed by atoms with van der Waals surface area (Å²) >= 11 is 0. The molecule has 0 fully saturated rings. The van der Waals surface area contributed by atoms with E-state index >= 15 is 0 Å². The van der Waals surface area contributed by atoms with Crippen molar-refractivity contribution in [3.63, 3.8) is 0 Å². The minimum absolute atomic E-state index is 1.12. The maximum atomic E-state index is 2.54. The molecule has 2 nitrogen and oxygen atoms in total. The van der Waals surface area contributed by atoms with E-state index in [9.17, 15) is 0 Å². The first-order chi connectivity index (χ1) is 32.0. The highest BCUT2D eigenvalue weighted by Crippen LogP contribution is 2.47. The molecule has 0 amide bonds. The van der Waals surface area contributed by atoms with Crippen LogP contribution in [0.25, 0.3) is 65.7 Å². The van der Waals surface area contributed by atoms with Crippen LogP contribution in [0.5, 0.6) is 0 Å². The van der Waals surface area contributed by atoms with Crippen molar-refractivity contribution in [3.05, 3.63) is 243 Å². The van der Waals surface area contributed by atoms with Crippen molar-refractivity contribution in [2.75, 3.05) is 9.80 Å². The number of para-hydroxylation sites is 4. The molecular weight excluding hydrogens is 801 g/mol. The second-order valence-corrected chi connectivity index (χ2v) is 22.0. The van der Waals surface area contributed by atoms with E-state index in [2.05, 4.69) is 266 Å². The smallest absolute Gasteiger partial charge is 0.113 e. The lowest BCUT2D eigenvalue weighted by Crippen LogP contribution is -2.55. The zero-order valence-corrected chi connectivity index (χ0v) is 37.5. The van der Waals surface area contributed by atoms with Gasteiger partial charge < -0.3 is 9.80 Å². The van der Waals surface area contributed by atoms with Gasteiger partial charge in [-0.2, -0.15) is 0 Å². The van der Waals surface area contributed by atoms with Crippen LogP contribution in [-0.4, -0.2) is 8.07 Å². The van der Waals surface area contributed by atoms with Gasteiger partial charge in [-0.25, -0.2) is 0 Å². The van der Waals surface area contributed by atoms with Crippen LogP contribution in [0.2, 0.25) is 13.1 Å². The lowest BCUT2D eigenvalue weighted by molar-refractivity contribution is 1.28. The van der Waals surface area contributed by atoms with E-state index in [1.807, 2.05) is 0 Å². The summed E-state index contributed by atoms with van der Waals surface area (Å²) in [7, 11) is -2.18. The fraction of sp³-hybridized carbons (Fsp3) is 0.0323. The topological polar surface area (TPSA) is 6.48 Å². The van der Waals surface area contributed by atoms with Crippen LogP contribution in [0.4, 0.5) is 34.1 Å². The molecule has 12 rings (SSSR count). The van der Waals surface area contributed by atoms with E-state index in [0.717, 1.165) is 28.4 Å². The summed E-state index contributed by atoms with van der Waals surface area (Å²) in [6.07, 6.45) is 0. The van der Waals surface area contributed by atoms with E-state index in [0.29, 0.717) is 0 Å². The Labute approximate surface area is 382 Å². The molecule has 0 bridgehead atoms. The second-order valence-electron chi connectivity index (χ2n) is 17.7. The molecule has 1 aliphatic heterocycles. The molecule has 11 aromatic rings. The molecule has 0 radical (unpaired) electrons. The van der Waals surface area contributed by atoms with Crippen molar-refractivity contribution in [2.24, 2.45) is 0 Å². The minimum atomic E-state index is -2.18. The number of anilines is 6. The Kier molecular flexibility index (Phi) is 9.32. The van der Waals surface area contributed by atoms with Crippen molar-refractivity contribution in [1.29, 1.82) is 0 Å². The Hall–Kier alpha value is -7.98. The zero-order chi connectivity index (χ0) is 43.5. The summed E-state index contributed by atoms with van der Waals surface area (Å²) in [6.45, 7) is 5.09. The van der Waals surface area contributed by atoms with E-state index in [-0.39, 0.29) is 0 Å². The molecule has 0 saturated heterocycles. The van der Waals surface area contributed by atoms with Crippen LogP contribution in [0.3, 0.4) is 0 Å². The predicted octanol–water partition coefficient (Wildman–Crippen LogP) is 16.2. The van der Waals surface area contributed by atoms with Gasteiger partial charge in [0.25, 0.3) is 0 Å². The molecule has 65 heavy (non-hydrogen) atoms. The van der Waals surface area contributed by atoms with Crippen LogP contribution in [0.1, 0.15) is 0 Å². The third-order valence-electron chi connectivity index (χ3n) is 13.6. The molecule has 0 spiro atoms. The van der Waals surface area contributed by atoms with Crippen molar-refractivity contribution < 1.29 is 0 Å².